The number of carbonyl (C=O) groups excluding carboxylic acids is 3. The van der Waals surface area contributed by atoms with Gasteiger partial charge in [0.2, 0.25) is 5.78 Å². The largest absolute Gasteiger partial charge is 0.450 e. The van der Waals surface area contributed by atoms with Crippen molar-refractivity contribution in [2.75, 3.05) is 6.61 Å². The molecule has 0 radical (unpaired) electrons. The van der Waals surface area contributed by atoms with Crippen molar-refractivity contribution in [3.63, 3.8) is 0 Å². The molecule has 2 N–H and O–H groups in total. The highest BCUT2D eigenvalue weighted by molar-refractivity contribution is 6.21. The molecule has 0 heterocycles. The van der Waals surface area contributed by atoms with Gasteiger partial charge in [0.1, 0.15) is 6.61 Å². The van der Waals surface area contributed by atoms with Gasteiger partial charge in [-0.25, -0.2) is 0 Å². The number of Topliss-reactive ketones (excluding diaryl/α,β-unsaturated/α-hetero) is 1. The molecule has 0 aromatic rings. The summed E-state index contributed by atoms with van der Waals surface area (Å²) in [5.74, 6) is -1.84. The van der Waals surface area contributed by atoms with E-state index in [2.05, 4.69) is 6.92 Å². The quantitative estimate of drug-likeness (QED) is 0.490. The second-order valence-corrected chi connectivity index (χ2v) is 11.1. The molecule has 7 heteroatoms. The van der Waals surface area contributed by atoms with Crippen molar-refractivity contribution < 1.29 is 29.3 Å². The summed E-state index contributed by atoms with van der Waals surface area (Å²) in [6.07, 6.45) is 5.80. The number of carbonyl (C=O) groups is 3. The zero-order valence-corrected chi connectivity index (χ0v) is 19.9. The normalized spacial score (nSPS) is 47.2. The minimum Gasteiger partial charge on any atom is -0.450 e. The average molecular weight is 465 g/mol. The van der Waals surface area contributed by atoms with Crippen molar-refractivity contribution >= 4 is 29.1 Å². The van der Waals surface area contributed by atoms with Crippen molar-refractivity contribution in [3.05, 3.63) is 23.8 Å². The van der Waals surface area contributed by atoms with Gasteiger partial charge in [0.15, 0.2) is 11.4 Å². The summed E-state index contributed by atoms with van der Waals surface area (Å²) in [5.41, 5.74) is -1.93. The molecule has 3 fully saturated rings. The van der Waals surface area contributed by atoms with Crippen LogP contribution in [0.3, 0.4) is 0 Å². The van der Waals surface area contributed by atoms with Crippen molar-refractivity contribution in [3.8, 4) is 0 Å². The molecule has 4 aliphatic carbocycles. The lowest BCUT2D eigenvalue weighted by Crippen LogP contribution is -2.65. The number of fused-ring (bicyclic) bond motifs is 5. The van der Waals surface area contributed by atoms with Gasteiger partial charge < -0.3 is 14.9 Å². The molecular formula is C25H33ClO6. The number of esters is 1. The molecule has 0 spiro atoms. The van der Waals surface area contributed by atoms with E-state index in [-0.39, 0.29) is 47.7 Å². The first-order chi connectivity index (χ1) is 15.0. The molecule has 6 nitrogen and oxygen atoms in total. The maximum atomic E-state index is 13.2. The first-order valence-electron chi connectivity index (χ1n) is 11.6. The third-order valence-electron chi connectivity index (χ3n) is 9.14. The number of halogens is 1. The van der Waals surface area contributed by atoms with Crippen molar-refractivity contribution in [1.82, 2.24) is 0 Å². The molecule has 32 heavy (non-hydrogen) atoms. The zero-order chi connectivity index (χ0) is 23.6. The van der Waals surface area contributed by atoms with Crippen LogP contribution in [-0.2, 0) is 19.1 Å². The van der Waals surface area contributed by atoms with Gasteiger partial charge in [-0.15, -0.1) is 11.6 Å². The molecule has 176 valence electrons. The van der Waals surface area contributed by atoms with Gasteiger partial charge >= 0.3 is 5.97 Å². The average Bonchev–Trinajstić information content (AvgIpc) is 2.95. The fourth-order valence-corrected chi connectivity index (χ4v) is 8.30. The first-order valence-corrected chi connectivity index (χ1v) is 12.0. The maximum absolute atomic E-state index is 13.2. The van der Waals surface area contributed by atoms with Gasteiger partial charge in [-0.2, -0.15) is 0 Å². The monoisotopic (exact) mass is 464 g/mol. The number of allylic oxidation sites excluding steroid dienone is 4. The van der Waals surface area contributed by atoms with Crippen LogP contribution >= 0.6 is 11.6 Å². The molecule has 3 saturated carbocycles. The van der Waals surface area contributed by atoms with Crippen LogP contribution in [0.4, 0.5) is 0 Å². The number of ketones is 2. The van der Waals surface area contributed by atoms with Crippen molar-refractivity contribution in [1.29, 1.82) is 0 Å². The number of aliphatic hydroxyl groups excluding tert-OH is 2. The molecule has 0 bridgehead atoms. The molecular weight excluding hydrogens is 432 g/mol. The lowest BCUT2D eigenvalue weighted by molar-refractivity contribution is -0.204. The lowest BCUT2D eigenvalue weighted by Gasteiger charge is -2.61. The van der Waals surface area contributed by atoms with Crippen LogP contribution in [0, 0.1) is 34.5 Å². The summed E-state index contributed by atoms with van der Waals surface area (Å²) in [6, 6.07) is 0. The summed E-state index contributed by atoms with van der Waals surface area (Å²) < 4.78 is 5.92. The van der Waals surface area contributed by atoms with Gasteiger partial charge in [-0.1, -0.05) is 39.3 Å². The van der Waals surface area contributed by atoms with Crippen LogP contribution in [0.15, 0.2) is 23.8 Å². The SMILES string of the molecule is CCC(=O)O[C@]1(C(=O)CO)C(C)C[C@H]2[C@@H]3C(Cl)CC4=CC(=O)C=C[C@]4(C)[C@H]3C(O)C[C@@]21C. The van der Waals surface area contributed by atoms with E-state index in [1.165, 1.54) is 0 Å². The molecule has 0 aromatic heterocycles. The molecule has 4 aliphatic rings. The molecule has 4 rings (SSSR count). The lowest BCUT2D eigenvalue weighted by atomic mass is 9.46. The highest BCUT2D eigenvalue weighted by Gasteiger charge is 2.73. The standard InChI is InChI=1S/C25H33ClO6/c1-5-20(31)32-25(19(30)12-27)13(2)8-16-21-17(26)10-14-9-15(28)6-7-23(14,3)22(21)18(29)11-24(16,25)4/h6-7,9,13,16-18,21-22,27,29H,5,8,10-12H2,1-4H3/t13?,16-,17?,18?,21+,22-,23-,24-,25-/m0/s1. The Morgan fingerprint density at radius 1 is 1.31 bits per heavy atom. The predicted molar refractivity (Wildman–Crippen MR) is 119 cm³/mol. The molecule has 0 aromatic carbocycles. The highest BCUT2D eigenvalue weighted by Crippen LogP contribution is 2.69. The van der Waals surface area contributed by atoms with E-state index >= 15 is 0 Å². The van der Waals surface area contributed by atoms with Crippen LogP contribution in [-0.4, -0.2) is 51.4 Å². The maximum Gasteiger partial charge on any atom is 0.306 e. The molecule has 0 saturated heterocycles. The van der Waals surface area contributed by atoms with Crippen LogP contribution in [0.5, 0.6) is 0 Å². The van der Waals surface area contributed by atoms with E-state index in [4.69, 9.17) is 16.3 Å². The molecule has 0 amide bonds. The second kappa shape index (κ2) is 7.78. The highest BCUT2D eigenvalue weighted by atomic mass is 35.5. The number of rotatable bonds is 4. The fourth-order valence-electron chi connectivity index (χ4n) is 7.80. The third-order valence-corrected chi connectivity index (χ3v) is 9.59. The second-order valence-electron chi connectivity index (χ2n) is 10.6. The van der Waals surface area contributed by atoms with E-state index in [0.717, 1.165) is 5.57 Å². The van der Waals surface area contributed by atoms with Gasteiger partial charge in [-0.05, 0) is 43.3 Å². The van der Waals surface area contributed by atoms with Crippen LogP contribution in [0.25, 0.3) is 0 Å². The van der Waals surface area contributed by atoms with Gasteiger partial charge in [0, 0.05) is 34.5 Å². The van der Waals surface area contributed by atoms with E-state index < -0.39 is 40.9 Å². The third kappa shape index (κ3) is 2.95. The minimum absolute atomic E-state index is 0.0662. The van der Waals surface area contributed by atoms with Gasteiger partial charge in [0.05, 0.1) is 6.10 Å². The summed E-state index contributed by atoms with van der Waals surface area (Å²) in [5, 5.41) is 21.1. The Morgan fingerprint density at radius 3 is 2.62 bits per heavy atom. The van der Waals surface area contributed by atoms with Crippen molar-refractivity contribution in [2.24, 2.45) is 34.5 Å². The van der Waals surface area contributed by atoms with E-state index in [9.17, 15) is 24.6 Å². The summed E-state index contributed by atoms with van der Waals surface area (Å²) >= 11 is 6.97. The Balaban J connectivity index is 1.84. The Bertz CT molecular complexity index is 910. The zero-order valence-electron chi connectivity index (χ0n) is 19.1. The molecule has 3 unspecified atom stereocenters. The Hall–Kier alpha value is -1.50. The number of ether oxygens (including phenoxy) is 1. The van der Waals surface area contributed by atoms with E-state index in [0.29, 0.717) is 12.8 Å². The van der Waals surface area contributed by atoms with Crippen LogP contribution in [0.2, 0.25) is 0 Å². The number of alkyl halides is 1. The fraction of sp³-hybridized carbons (Fsp3) is 0.720. The molecule has 9 atom stereocenters. The molecule has 0 aliphatic heterocycles. The van der Waals surface area contributed by atoms with Crippen molar-refractivity contribution in [2.45, 2.75) is 70.5 Å². The summed E-state index contributed by atoms with van der Waals surface area (Å²) in [7, 11) is 0. The Labute approximate surface area is 194 Å². The smallest absolute Gasteiger partial charge is 0.306 e. The summed E-state index contributed by atoms with van der Waals surface area (Å²) in [6.45, 7) is 6.80. The Morgan fingerprint density at radius 2 is 2.00 bits per heavy atom. The van der Waals surface area contributed by atoms with Crippen LogP contribution < -0.4 is 0 Å². The Kier molecular flexibility index (Phi) is 5.75. The number of aliphatic hydroxyl groups is 2. The first kappa shape index (κ1) is 23.7. The topological polar surface area (TPSA) is 101 Å². The predicted octanol–water partition coefficient (Wildman–Crippen LogP) is 2.98. The number of hydrogen-bond acceptors (Lipinski definition) is 6. The van der Waals surface area contributed by atoms with E-state index in [1.54, 1.807) is 19.1 Å². The van der Waals surface area contributed by atoms with Gasteiger partial charge in [0.25, 0.3) is 0 Å². The minimum atomic E-state index is -1.50. The van der Waals surface area contributed by atoms with E-state index in [1.807, 2.05) is 19.9 Å². The number of hydrogen-bond donors (Lipinski definition) is 2. The van der Waals surface area contributed by atoms with Gasteiger partial charge in [-0.3, -0.25) is 14.4 Å². The van der Waals surface area contributed by atoms with Crippen LogP contribution in [0.1, 0.15) is 53.4 Å². The summed E-state index contributed by atoms with van der Waals surface area (Å²) in [4.78, 5) is 37.7.